The second-order valence-corrected chi connectivity index (χ2v) is 5.67. The number of carboxylic acids is 1. The molecule has 0 unspecified atom stereocenters. The van der Waals surface area contributed by atoms with Crippen molar-refractivity contribution in [2.75, 3.05) is 7.11 Å². The van der Waals surface area contributed by atoms with Crippen LogP contribution in [0.1, 0.15) is 32.0 Å². The van der Waals surface area contributed by atoms with Crippen molar-refractivity contribution in [1.29, 1.82) is 0 Å². The monoisotopic (exact) mass is 352 g/mol. The van der Waals surface area contributed by atoms with Crippen LogP contribution in [-0.4, -0.2) is 29.1 Å². The lowest BCUT2D eigenvalue weighted by Crippen LogP contribution is -1.96. The average Bonchev–Trinajstić information content (AvgIpc) is 2.97. The highest BCUT2D eigenvalue weighted by Gasteiger charge is 2.23. The Morgan fingerprint density at radius 2 is 1.81 bits per heavy atom. The van der Waals surface area contributed by atoms with Crippen LogP contribution in [0, 0.1) is 6.92 Å². The van der Waals surface area contributed by atoms with Gasteiger partial charge in [-0.05, 0) is 42.8 Å². The van der Waals surface area contributed by atoms with Gasteiger partial charge in [0.2, 0.25) is 5.76 Å². The predicted octanol–water partition coefficient (Wildman–Crippen LogP) is 4.05. The first-order valence-electron chi connectivity index (χ1n) is 7.77. The van der Waals surface area contributed by atoms with Gasteiger partial charge in [0.1, 0.15) is 22.6 Å². The normalized spacial score (nSPS) is 11.2. The van der Waals surface area contributed by atoms with E-state index in [4.69, 9.17) is 9.15 Å². The quantitative estimate of drug-likeness (QED) is 0.531. The molecule has 3 rings (SSSR count). The van der Waals surface area contributed by atoms with Gasteiger partial charge in [-0.15, -0.1) is 0 Å². The summed E-state index contributed by atoms with van der Waals surface area (Å²) in [6.07, 6.45) is 2.89. The smallest absolute Gasteiger partial charge is 0.372 e. The Morgan fingerprint density at radius 3 is 2.42 bits per heavy atom. The molecule has 1 aromatic heterocycles. The van der Waals surface area contributed by atoms with E-state index < -0.39 is 11.8 Å². The maximum atomic E-state index is 12.6. The van der Waals surface area contributed by atoms with E-state index in [9.17, 15) is 19.8 Å². The molecule has 0 saturated heterocycles. The van der Waals surface area contributed by atoms with E-state index in [1.807, 2.05) is 0 Å². The zero-order valence-electron chi connectivity index (χ0n) is 14.1. The number of ketones is 1. The van der Waals surface area contributed by atoms with Gasteiger partial charge >= 0.3 is 5.97 Å². The van der Waals surface area contributed by atoms with Crippen LogP contribution in [0.4, 0.5) is 0 Å². The molecule has 0 amide bonds. The fourth-order valence-corrected chi connectivity index (χ4v) is 2.69. The van der Waals surface area contributed by atoms with E-state index in [1.165, 1.54) is 18.2 Å². The Balaban J connectivity index is 2.01. The number of fused-ring (bicyclic) bond motifs is 1. The molecule has 2 N–H and O–H groups in total. The SMILES string of the molecule is COc1ccc(C=CC(=O)c2c(O)ccc3c(C)c(C(=O)O)oc23)cc1. The third-order valence-corrected chi connectivity index (χ3v) is 4.07. The van der Waals surface area contributed by atoms with E-state index >= 15 is 0 Å². The number of rotatable bonds is 5. The lowest BCUT2D eigenvalue weighted by atomic mass is 10.0. The van der Waals surface area contributed by atoms with Crippen molar-refractivity contribution in [3.8, 4) is 11.5 Å². The van der Waals surface area contributed by atoms with Crippen LogP contribution < -0.4 is 4.74 Å². The zero-order valence-corrected chi connectivity index (χ0v) is 14.1. The number of ether oxygens (including phenoxy) is 1. The van der Waals surface area contributed by atoms with Crippen LogP contribution in [0.15, 0.2) is 46.9 Å². The molecule has 0 fully saturated rings. The highest BCUT2D eigenvalue weighted by atomic mass is 16.5. The number of allylic oxidation sites excluding steroid dienone is 1. The summed E-state index contributed by atoms with van der Waals surface area (Å²) in [4.78, 5) is 23.8. The maximum Gasteiger partial charge on any atom is 0.372 e. The van der Waals surface area contributed by atoms with Crippen molar-refractivity contribution >= 4 is 28.8 Å². The van der Waals surface area contributed by atoms with Gasteiger partial charge < -0.3 is 19.4 Å². The number of carboxylic acid groups (broad SMARTS) is 1. The third-order valence-electron chi connectivity index (χ3n) is 4.07. The molecule has 26 heavy (non-hydrogen) atoms. The molecule has 1 heterocycles. The minimum Gasteiger partial charge on any atom is -0.507 e. The van der Waals surface area contributed by atoms with Crippen LogP contribution in [-0.2, 0) is 0 Å². The molecule has 0 aliphatic rings. The number of aromatic carboxylic acids is 1. The average molecular weight is 352 g/mol. The van der Waals surface area contributed by atoms with Crippen LogP contribution >= 0.6 is 0 Å². The van der Waals surface area contributed by atoms with Crippen molar-refractivity contribution in [2.45, 2.75) is 6.92 Å². The lowest BCUT2D eigenvalue weighted by molar-refractivity contribution is 0.0663. The topological polar surface area (TPSA) is 97.0 Å². The largest absolute Gasteiger partial charge is 0.507 e. The van der Waals surface area contributed by atoms with Crippen molar-refractivity contribution < 1.29 is 29.0 Å². The van der Waals surface area contributed by atoms with Crippen molar-refractivity contribution in [3.63, 3.8) is 0 Å². The first-order valence-corrected chi connectivity index (χ1v) is 7.77. The summed E-state index contributed by atoms with van der Waals surface area (Å²) in [5.74, 6) is -1.55. The van der Waals surface area contributed by atoms with Crippen molar-refractivity contribution in [3.05, 3.63) is 64.9 Å². The number of hydrogen-bond acceptors (Lipinski definition) is 5. The fourth-order valence-electron chi connectivity index (χ4n) is 2.69. The maximum absolute atomic E-state index is 12.6. The summed E-state index contributed by atoms with van der Waals surface area (Å²) < 4.78 is 10.4. The number of phenolic OH excluding ortho intramolecular Hbond substituents is 1. The van der Waals surface area contributed by atoms with Gasteiger partial charge in [0.25, 0.3) is 0 Å². The highest BCUT2D eigenvalue weighted by molar-refractivity contribution is 6.16. The molecule has 0 aliphatic carbocycles. The van der Waals surface area contributed by atoms with Gasteiger partial charge in [-0.25, -0.2) is 4.79 Å². The summed E-state index contributed by atoms with van der Waals surface area (Å²) >= 11 is 0. The minimum absolute atomic E-state index is 0.0595. The van der Waals surface area contributed by atoms with E-state index in [0.29, 0.717) is 16.7 Å². The first kappa shape index (κ1) is 17.3. The predicted molar refractivity (Wildman–Crippen MR) is 95.9 cm³/mol. The second kappa shape index (κ2) is 6.76. The van der Waals surface area contributed by atoms with Crippen LogP contribution in [0.5, 0.6) is 11.5 Å². The van der Waals surface area contributed by atoms with Crippen LogP contribution in [0.2, 0.25) is 0 Å². The molecule has 0 spiro atoms. The summed E-state index contributed by atoms with van der Waals surface area (Å²) in [5.41, 5.74) is 1.17. The Bertz CT molecular complexity index is 1020. The molecule has 132 valence electrons. The van der Waals surface area contributed by atoms with Crippen LogP contribution in [0.25, 0.3) is 17.0 Å². The van der Waals surface area contributed by atoms with Gasteiger partial charge in [0.15, 0.2) is 5.78 Å². The van der Waals surface area contributed by atoms with E-state index in [0.717, 1.165) is 5.56 Å². The number of phenols is 1. The van der Waals surface area contributed by atoms with E-state index in [1.54, 1.807) is 44.4 Å². The molecule has 0 radical (unpaired) electrons. The number of hydrogen-bond donors (Lipinski definition) is 2. The molecule has 0 aliphatic heterocycles. The van der Waals surface area contributed by atoms with Gasteiger partial charge in [-0.2, -0.15) is 0 Å². The number of methoxy groups -OCH3 is 1. The molecule has 6 heteroatoms. The van der Waals surface area contributed by atoms with E-state index in [2.05, 4.69) is 0 Å². The van der Waals surface area contributed by atoms with Gasteiger partial charge in [-0.3, -0.25) is 4.79 Å². The number of furan rings is 1. The Kier molecular flexibility index (Phi) is 4.49. The highest BCUT2D eigenvalue weighted by Crippen LogP contribution is 2.33. The third kappa shape index (κ3) is 3.04. The molecular weight excluding hydrogens is 336 g/mol. The zero-order chi connectivity index (χ0) is 18.8. The molecule has 0 bridgehead atoms. The molecule has 6 nitrogen and oxygen atoms in total. The number of carbonyl (C=O) groups excluding carboxylic acids is 1. The van der Waals surface area contributed by atoms with Gasteiger partial charge in [-0.1, -0.05) is 18.2 Å². The summed E-state index contributed by atoms with van der Waals surface area (Å²) in [7, 11) is 1.56. The van der Waals surface area contributed by atoms with E-state index in [-0.39, 0.29) is 22.7 Å². The molecule has 2 aromatic carbocycles. The Hall–Kier alpha value is -3.54. The summed E-state index contributed by atoms with van der Waals surface area (Å²) in [6, 6.07) is 9.96. The first-order chi connectivity index (χ1) is 12.4. The van der Waals surface area contributed by atoms with Gasteiger partial charge in [0, 0.05) is 10.9 Å². The molecule has 3 aromatic rings. The van der Waals surface area contributed by atoms with Crippen molar-refractivity contribution in [1.82, 2.24) is 0 Å². The Morgan fingerprint density at radius 1 is 1.12 bits per heavy atom. The number of carbonyl (C=O) groups is 2. The second-order valence-electron chi connectivity index (χ2n) is 5.67. The molecule has 0 atom stereocenters. The standard InChI is InChI=1S/C20H16O6/c1-11-14-8-10-16(22)17(19(14)26-18(11)20(23)24)15(21)9-5-12-3-6-13(25-2)7-4-12/h3-10,22H,1-2H3,(H,23,24). The van der Waals surface area contributed by atoms with Crippen molar-refractivity contribution in [2.24, 2.45) is 0 Å². The number of benzene rings is 2. The molecular formula is C20H16O6. The fraction of sp³-hybridized carbons (Fsp3) is 0.100. The van der Waals surface area contributed by atoms with Crippen LogP contribution in [0.3, 0.4) is 0 Å². The number of aryl methyl sites for hydroxylation is 1. The number of aromatic hydroxyl groups is 1. The lowest BCUT2D eigenvalue weighted by Gasteiger charge is -2.02. The summed E-state index contributed by atoms with van der Waals surface area (Å²) in [6.45, 7) is 1.59. The van der Waals surface area contributed by atoms with Gasteiger partial charge in [0.05, 0.1) is 7.11 Å². The Labute approximate surface area is 148 Å². The summed E-state index contributed by atoms with van der Waals surface area (Å²) in [5, 5.41) is 19.8. The molecule has 0 saturated carbocycles. The minimum atomic E-state index is -1.23.